The van der Waals surface area contributed by atoms with Gasteiger partial charge in [0.1, 0.15) is 0 Å². The number of carbonyl (C=O) groups is 1. The third kappa shape index (κ3) is 5.95. The first-order valence-corrected chi connectivity index (χ1v) is 8.25. The fourth-order valence-electron chi connectivity index (χ4n) is 2.28. The van der Waals surface area contributed by atoms with Gasteiger partial charge in [-0.1, -0.05) is 55.8 Å². The van der Waals surface area contributed by atoms with Gasteiger partial charge >= 0.3 is 0 Å². The van der Waals surface area contributed by atoms with Crippen LogP contribution in [0.25, 0.3) is 0 Å². The highest BCUT2D eigenvalue weighted by Crippen LogP contribution is 2.12. The molecule has 0 bridgehead atoms. The smallest absolute Gasteiger partial charge is 0.224 e. The SMILES string of the molecule is CC(C)C(CNC(=O)Cc1ccc(Cl)cc1)Nc1ccccc1. The molecule has 23 heavy (non-hydrogen) atoms. The van der Waals surface area contributed by atoms with E-state index in [1.807, 2.05) is 42.5 Å². The molecule has 0 saturated carbocycles. The molecule has 1 unspecified atom stereocenters. The Morgan fingerprint density at radius 1 is 1.04 bits per heavy atom. The average molecular weight is 331 g/mol. The zero-order valence-electron chi connectivity index (χ0n) is 13.6. The first-order valence-electron chi connectivity index (χ1n) is 7.87. The van der Waals surface area contributed by atoms with Crippen LogP contribution < -0.4 is 10.6 Å². The Bertz CT molecular complexity index is 611. The number of halogens is 1. The van der Waals surface area contributed by atoms with Crippen molar-refractivity contribution >= 4 is 23.2 Å². The molecule has 3 nitrogen and oxygen atoms in total. The molecule has 122 valence electrons. The van der Waals surface area contributed by atoms with Gasteiger partial charge in [0, 0.05) is 23.3 Å². The molecule has 0 radical (unpaired) electrons. The fraction of sp³-hybridized carbons (Fsp3) is 0.316. The summed E-state index contributed by atoms with van der Waals surface area (Å²) in [5.74, 6) is 0.430. The zero-order chi connectivity index (χ0) is 16.7. The monoisotopic (exact) mass is 330 g/mol. The summed E-state index contributed by atoms with van der Waals surface area (Å²) in [6, 6.07) is 17.6. The van der Waals surface area contributed by atoms with Crippen LogP contribution in [0, 0.1) is 5.92 Å². The summed E-state index contributed by atoms with van der Waals surface area (Å²) >= 11 is 5.85. The number of rotatable bonds is 7. The number of amides is 1. The zero-order valence-corrected chi connectivity index (χ0v) is 14.3. The molecular formula is C19H23ClN2O. The Morgan fingerprint density at radius 3 is 2.30 bits per heavy atom. The summed E-state index contributed by atoms with van der Waals surface area (Å²) in [7, 11) is 0. The first-order chi connectivity index (χ1) is 11.0. The number of carbonyl (C=O) groups excluding carboxylic acids is 1. The summed E-state index contributed by atoms with van der Waals surface area (Å²) in [6.45, 7) is 4.89. The minimum atomic E-state index is 0.0211. The molecule has 0 spiro atoms. The van der Waals surface area contributed by atoms with E-state index in [0.717, 1.165) is 11.3 Å². The number of para-hydroxylation sites is 1. The molecule has 0 aromatic heterocycles. The van der Waals surface area contributed by atoms with Gasteiger partial charge in [-0.15, -0.1) is 0 Å². The highest BCUT2D eigenvalue weighted by molar-refractivity contribution is 6.30. The van der Waals surface area contributed by atoms with Gasteiger partial charge in [-0.3, -0.25) is 4.79 Å². The molecule has 4 heteroatoms. The van der Waals surface area contributed by atoms with Crippen molar-refractivity contribution in [1.82, 2.24) is 5.32 Å². The van der Waals surface area contributed by atoms with Crippen molar-refractivity contribution in [2.75, 3.05) is 11.9 Å². The lowest BCUT2D eigenvalue weighted by Crippen LogP contribution is -2.40. The van der Waals surface area contributed by atoms with E-state index in [-0.39, 0.29) is 11.9 Å². The predicted octanol–water partition coefficient (Wildman–Crippen LogP) is 4.14. The highest BCUT2D eigenvalue weighted by Gasteiger charge is 2.14. The third-order valence-corrected chi connectivity index (χ3v) is 3.98. The quantitative estimate of drug-likeness (QED) is 0.801. The summed E-state index contributed by atoms with van der Waals surface area (Å²) in [5, 5.41) is 7.17. The lowest BCUT2D eigenvalue weighted by atomic mass is 10.0. The van der Waals surface area contributed by atoms with Gasteiger partial charge in [0.05, 0.1) is 6.42 Å². The van der Waals surface area contributed by atoms with Crippen molar-refractivity contribution in [3.05, 3.63) is 65.2 Å². The van der Waals surface area contributed by atoms with E-state index in [1.54, 1.807) is 12.1 Å². The van der Waals surface area contributed by atoms with Crippen LogP contribution in [0.1, 0.15) is 19.4 Å². The van der Waals surface area contributed by atoms with E-state index >= 15 is 0 Å². The fourth-order valence-corrected chi connectivity index (χ4v) is 2.40. The second-order valence-electron chi connectivity index (χ2n) is 5.97. The van der Waals surface area contributed by atoms with Crippen molar-refractivity contribution in [2.24, 2.45) is 5.92 Å². The minimum Gasteiger partial charge on any atom is -0.380 e. The molecule has 0 aliphatic carbocycles. The Hall–Kier alpha value is -2.00. The predicted molar refractivity (Wildman–Crippen MR) is 96.9 cm³/mol. The molecule has 2 rings (SSSR count). The maximum absolute atomic E-state index is 12.1. The summed E-state index contributed by atoms with van der Waals surface area (Å²) in [5.41, 5.74) is 2.03. The molecule has 0 aliphatic rings. The Balaban J connectivity index is 1.85. The number of nitrogens with one attached hydrogen (secondary N) is 2. The van der Waals surface area contributed by atoms with Crippen molar-refractivity contribution < 1.29 is 4.79 Å². The van der Waals surface area contributed by atoms with Crippen LogP contribution in [0.15, 0.2) is 54.6 Å². The number of hydrogen-bond acceptors (Lipinski definition) is 2. The average Bonchev–Trinajstić information content (AvgIpc) is 2.54. The molecule has 2 N–H and O–H groups in total. The molecule has 1 atom stereocenters. The van der Waals surface area contributed by atoms with Crippen molar-refractivity contribution in [3.8, 4) is 0 Å². The second-order valence-corrected chi connectivity index (χ2v) is 6.40. The van der Waals surface area contributed by atoms with E-state index < -0.39 is 0 Å². The maximum Gasteiger partial charge on any atom is 0.224 e. The summed E-state index contributed by atoms with van der Waals surface area (Å²) in [6.07, 6.45) is 0.368. The summed E-state index contributed by atoms with van der Waals surface area (Å²) in [4.78, 5) is 12.1. The van der Waals surface area contributed by atoms with Crippen molar-refractivity contribution in [1.29, 1.82) is 0 Å². The number of benzene rings is 2. The van der Waals surface area contributed by atoms with E-state index in [1.165, 1.54) is 0 Å². The van der Waals surface area contributed by atoms with Crippen LogP contribution in [-0.4, -0.2) is 18.5 Å². The van der Waals surface area contributed by atoms with E-state index in [9.17, 15) is 4.79 Å². The Labute approximate surface area is 143 Å². The van der Waals surface area contributed by atoms with Crippen LogP contribution in [0.4, 0.5) is 5.69 Å². The largest absolute Gasteiger partial charge is 0.380 e. The maximum atomic E-state index is 12.1. The van der Waals surface area contributed by atoms with Crippen LogP contribution in [0.2, 0.25) is 5.02 Å². The lowest BCUT2D eigenvalue weighted by Gasteiger charge is -2.24. The second kappa shape index (κ2) is 8.59. The normalized spacial score (nSPS) is 12.0. The Kier molecular flexibility index (Phi) is 6.48. The minimum absolute atomic E-state index is 0.0211. The van der Waals surface area contributed by atoms with Gasteiger partial charge < -0.3 is 10.6 Å². The van der Waals surface area contributed by atoms with Gasteiger partial charge in [-0.05, 0) is 35.7 Å². The number of anilines is 1. The highest BCUT2D eigenvalue weighted by atomic mass is 35.5. The van der Waals surface area contributed by atoms with Gasteiger partial charge in [-0.2, -0.15) is 0 Å². The van der Waals surface area contributed by atoms with Crippen LogP contribution >= 0.6 is 11.6 Å². The molecule has 0 heterocycles. The van der Waals surface area contributed by atoms with Crippen molar-refractivity contribution in [3.63, 3.8) is 0 Å². The lowest BCUT2D eigenvalue weighted by molar-refractivity contribution is -0.120. The molecular weight excluding hydrogens is 308 g/mol. The van der Waals surface area contributed by atoms with Crippen molar-refractivity contribution in [2.45, 2.75) is 26.3 Å². The third-order valence-electron chi connectivity index (χ3n) is 3.73. The van der Waals surface area contributed by atoms with E-state index in [0.29, 0.717) is 23.9 Å². The molecule has 0 aliphatic heterocycles. The van der Waals surface area contributed by atoms with Gasteiger partial charge in [0.25, 0.3) is 0 Å². The van der Waals surface area contributed by atoms with Gasteiger partial charge in [0.2, 0.25) is 5.91 Å². The Morgan fingerprint density at radius 2 is 1.70 bits per heavy atom. The van der Waals surface area contributed by atoms with E-state index in [4.69, 9.17) is 11.6 Å². The molecule has 0 fully saturated rings. The molecule has 2 aromatic carbocycles. The van der Waals surface area contributed by atoms with Crippen LogP contribution in [0.5, 0.6) is 0 Å². The van der Waals surface area contributed by atoms with Gasteiger partial charge in [-0.25, -0.2) is 0 Å². The van der Waals surface area contributed by atoms with Gasteiger partial charge in [0.15, 0.2) is 0 Å². The molecule has 2 aromatic rings. The first kappa shape index (κ1) is 17.4. The van der Waals surface area contributed by atoms with E-state index in [2.05, 4.69) is 24.5 Å². The number of hydrogen-bond donors (Lipinski definition) is 2. The van der Waals surface area contributed by atoms with Crippen LogP contribution in [-0.2, 0) is 11.2 Å². The molecule has 0 saturated heterocycles. The van der Waals surface area contributed by atoms with Crippen LogP contribution in [0.3, 0.4) is 0 Å². The summed E-state index contributed by atoms with van der Waals surface area (Å²) < 4.78 is 0. The standard InChI is InChI=1S/C19H23ClN2O/c1-14(2)18(22-17-6-4-3-5-7-17)13-21-19(23)12-15-8-10-16(20)11-9-15/h3-11,14,18,22H,12-13H2,1-2H3,(H,21,23). The molecule has 1 amide bonds. The topological polar surface area (TPSA) is 41.1 Å².